The molecule has 0 aliphatic carbocycles. The molecule has 0 atom stereocenters. The van der Waals surface area contributed by atoms with E-state index in [1.807, 2.05) is 24.3 Å². The van der Waals surface area contributed by atoms with Crippen LogP contribution in [0.1, 0.15) is 44.2 Å². The first-order chi connectivity index (χ1) is 21.0. The molecule has 0 amide bonds. The molecule has 0 aromatic heterocycles. The van der Waals surface area contributed by atoms with Crippen LogP contribution in [0.25, 0.3) is 43.8 Å². The Balaban J connectivity index is 0.000000400. The number of aryl methyl sites for hydroxylation is 2. The molecule has 0 aliphatic rings. The van der Waals surface area contributed by atoms with Gasteiger partial charge in [-0.15, -0.1) is 69.1 Å². The summed E-state index contributed by atoms with van der Waals surface area (Å²) in [5, 5.41) is 5.37. The Kier molecular flexibility index (Phi) is 18.9. The topological polar surface area (TPSA) is 18.5 Å². The summed E-state index contributed by atoms with van der Waals surface area (Å²) in [5.74, 6) is 1.80. The van der Waals surface area contributed by atoms with Crippen molar-refractivity contribution in [2.45, 2.75) is 46.0 Å². The van der Waals surface area contributed by atoms with Crippen LogP contribution in [0.3, 0.4) is 0 Å². The van der Waals surface area contributed by atoms with E-state index in [4.69, 9.17) is 9.47 Å². The summed E-state index contributed by atoms with van der Waals surface area (Å²) in [6.07, 6.45) is 5.43. The molecule has 5 heteroatoms. The second kappa shape index (κ2) is 21.1. The second-order valence-electron chi connectivity index (χ2n) is 10.7. The number of benzene rings is 4. The van der Waals surface area contributed by atoms with Crippen LogP contribution in [0.15, 0.2) is 109 Å². The van der Waals surface area contributed by atoms with Gasteiger partial charge in [0.15, 0.2) is 0 Å². The Morgan fingerprint density at radius 1 is 0.565 bits per heavy atom. The van der Waals surface area contributed by atoms with Gasteiger partial charge in [0.2, 0.25) is 0 Å². The van der Waals surface area contributed by atoms with Crippen molar-refractivity contribution >= 4 is 21.5 Å². The molecule has 0 heterocycles. The number of methoxy groups -OCH3 is 2. The first-order valence-electron chi connectivity index (χ1n) is 15.3. The molecule has 0 radical (unpaired) electrons. The van der Waals surface area contributed by atoms with E-state index in [1.165, 1.54) is 67.8 Å². The predicted molar refractivity (Wildman–Crippen MR) is 186 cm³/mol. The van der Waals surface area contributed by atoms with E-state index in [9.17, 15) is 0 Å². The van der Waals surface area contributed by atoms with Crippen LogP contribution < -0.4 is 34.3 Å². The molecule has 0 N–H and O–H groups in total. The van der Waals surface area contributed by atoms with E-state index < -0.39 is 0 Å². The largest absolute Gasteiger partial charge is 2.00 e. The van der Waals surface area contributed by atoms with E-state index in [0.717, 1.165) is 30.8 Å². The molecule has 0 aliphatic heterocycles. The third-order valence-electron chi connectivity index (χ3n) is 7.50. The van der Waals surface area contributed by atoms with Crippen molar-refractivity contribution in [2.24, 2.45) is 0 Å². The number of fused-ring (bicyclic) bond motifs is 2. The fourth-order valence-electron chi connectivity index (χ4n) is 5.50. The van der Waals surface area contributed by atoms with Gasteiger partial charge in [-0.2, -0.15) is 12.1 Å². The quantitative estimate of drug-likeness (QED) is 0.195. The molecular weight excluding hydrogens is 687 g/mol. The van der Waals surface area contributed by atoms with Crippen LogP contribution in [0.4, 0.5) is 0 Å². The SMILES string of the molecule is CCCc1cc2c(-c3ccc(OC)cc3)cccc2[cH-]1.CCCc1cc2c(-c3ccc(OC)cc3)cccc2[cH-]1.[CH2-]C[CH2-].[Cl-].[Cl-].[Zr+2]. The van der Waals surface area contributed by atoms with Crippen molar-refractivity contribution < 1.29 is 60.5 Å². The van der Waals surface area contributed by atoms with Crippen molar-refractivity contribution in [3.8, 4) is 33.8 Å². The minimum absolute atomic E-state index is 0. The summed E-state index contributed by atoms with van der Waals surface area (Å²) < 4.78 is 10.5. The Labute approximate surface area is 308 Å². The smallest absolute Gasteiger partial charge is 1.00 e. The summed E-state index contributed by atoms with van der Waals surface area (Å²) in [5.41, 5.74) is 7.95. The fraction of sp³-hybridized carbons (Fsp3) is 0.220. The molecule has 0 fully saturated rings. The third-order valence-corrected chi connectivity index (χ3v) is 7.50. The van der Waals surface area contributed by atoms with Gasteiger partial charge in [0.25, 0.3) is 0 Å². The summed E-state index contributed by atoms with van der Waals surface area (Å²) in [4.78, 5) is 0. The van der Waals surface area contributed by atoms with E-state index in [-0.39, 0.29) is 51.0 Å². The van der Waals surface area contributed by atoms with E-state index in [2.05, 4.69) is 113 Å². The van der Waals surface area contributed by atoms with Crippen LogP contribution in [0.5, 0.6) is 11.5 Å². The van der Waals surface area contributed by atoms with Crippen molar-refractivity contribution in [3.63, 3.8) is 0 Å². The van der Waals surface area contributed by atoms with Gasteiger partial charge in [-0.05, 0) is 48.2 Å². The molecule has 0 unspecified atom stereocenters. The Morgan fingerprint density at radius 3 is 1.22 bits per heavy atom. The average molecular weight is 731 g/mol. The average Bonchev–Trinajstić information content (AvgIpc) is 3.65. The van der Waals surface area contributed by atoms with Gasteiger partial charge < -0.3 is 54.6 Å². The number of halogens is 2. The van der Waals surface area contributed by atoms with Crippen molar-refractivity contribution in [1.82, 2.24) is 0 Å². The maximum absolute atomic E-state index is 5.23. The van der Waals surface area contributed by atoms with Gasteiger partial charge in [0, 0.05) is 0 Å². The molecule has 6 aromatic rings. The number of hydrogen-bond donors (Lipinski definition) is 0. The van der Waals surface area contributed by atoms with E-state index >= 15 is 0 Å². The zero-order valence-corrected chi connectivity index (χ0v) is 31.4. The van der Waals surface area contributed by atoms with Gasteiger partial charge >= 0.3 is 26.2 Å². The number of ether oxygens (including phenoxy) is 2. The normalized spacial score (nSPS) is 9.87. The zero-order chi connectivity index (χ0) is 30.6. The number of hydrogen-bond acceptors (Lipinski definition) is 2. The van der Waals surface area contributed by atoms with Crippen molar-refractivity contribution in [1.29, 1.82) is 0 Å². The summed E-state index contributed by atoms with van der Waals surface area (Å²) >= 11 is 0. The maximum atomic E-state index is 5.23. The van der Waals surface area contributed by atoms with E-state index in [0.29, 0.717) is 0 Å². The summed E-state index contributed by atoms with van der Waals surface area (Å²) in [6.45, 7) is 11.2. The predicted octanol–water partition coefficient (Wildman–Crippen LogP) is 5.42. The van der Waals surface area contributed by atoms with Gasteiger partial charge in [-0.3, -0.25) is 0 Å². The second-order valence-corrected chi connectivity index (χ2v) is 10.7. The monoisotopic (exact) mass is 728 g/mol. The zero-order valence-electron chi connectivity index (χ0n) is 27.4. The van der Waals surface area contributed by atoms with Crippen LogP contribution in [-0.2, 0) is 39.0 Å². The Morgan fingerprint density at radius 2 is 0.913 bits per heavy atom. The van der Waals surface area contributed by atoms with Crippen LogP contribution in [-0.4, -0.2) is 14.2 Å². The molecule has 0 saturated carbocycles. The molecule has 242 valence electrons. The Bertz CT molecular complexity index is 1570. The molecule has 46 heavy (non-hydrogen) atoms. The standard InChI is InChI=1S/2C19H19O.C3H6.2ClH.Zr/c2*1-3-5-14-12-16-6-4-7-18(19(16)13-14)15-8-10-17(20-2)11-9-15;1-3-2;;;/h2*4,6-13H,3,5H2,1-2H3;1-3H2;2*1H;/q2*-1;-2;;;+2/p-2. The maximum Gasteiger partial charge on any atom is 2.00 e. The van der Waals surface area contributed by atoms with Gasteiger partial charge in [-0.1, -0.05) is 74.2 Å². The molecule has 2 nitrogen and oxygen atoms in total. The van der Waals surface area contributed by atoms with Crippen molar-refractivity contribution in [3.05, 3.63) is 134 Å². The molecule has 6 aromatic carbocycles. The Hall–Kier alpha value is -2.84. The molecule has 0 spiro atoms. The van der Waals surface area contributed by atoms with Crippen LogP contribution in [0, 0.1) is 13.8 Å². The number of rotatable bonds is 8. The van der Waals surface area contributed by atoms with E-state index in [1.54, 1.807) is 14.2 Å². The van der Waals surface area contributed by atoms with Crippen molar-refractivity contribution in [2.75, 3.05) is 14.2 Å². The molecule has 0 saturated heterocycles. The molecular formula is C41H44Cl2O2Zr-4. The van der Waals surface area contributed by atoms with Gasteiger partial charge in [0.05, 0.1) is 14.2 Å². The first kappa shape index (κ1) is 41.2. The summed E-state index contributed by atoms with van der Waals surface area (Å²) in [7, 11) is 3.40. The minimum atomic E-state index is 0. The third kappa shape index (κ3) is 10.6. The first-order valence-corrected chi connectivity index (χ1v) is 15.3. The minimum Gasteiger partial charge on any atom is -1.00 e. The summed E-state index contributed by atoms with van der Waals surface area (Å²) in [6, 6.07) is 38.9. The molecule has 0 bridgehead atoms. The van der Waals surface area contributed by atoms with Gasteiger partial charge in [-0.25, -0.2) is 0 Å². The van der Waals surface area contributed by atoms with Crippen LogP contribution >= 0.6 is 0 Å². The van der Waals surface area contributed by atoms with Crippen LogP contribution in [0.2, 0.25) is 0 Å². The fourth-order valence-corrected chi connectivity index (χ4v) is 5.50. The molecule has 6 rings (SSSR count). The van der Waals surface area contributed by atoms with Gasteiger partial charge in [0.1, 0.15) is 11.5 Å².